The Hall–Kier alpha value is -2.15. The lowest BCUT2D eigenvalue weighted by atomic mass is 10.2. The molecule has 2 fully saturated rings. The summed E-state index contributed by atoms with van der Waals surface area (Å²) in [5.74, 6) is -1.65. The Morgan fingerprint density at radius 3 is 2.50 bits per heavy atom. The number of amides is 4. The molecule has 3 N–H and O–H groups in total. The zero-order chi connectivity index (χ0) is 23.9. The molecule has 4 amide bonds. The highest BCUT2D eigenvalue weighted by Gasteiger charge is 2.38. The average molecular weight is 491 g/mol. The number of alkyl carbamates (subject to hydrolysis) is 1. The molecule has 0 unspecified atom stereocenters. The lowest BCUT2D eigenvalue weighted by Gasteiger charge is -2.29. The number of nitrogens with one attached hydrogen (secondary N) is 3. The summed E-state index contributed by atoms with van der Waals surface area (Å²) in [5, 5.41) is 7.67. The van der Waals surface area contributed by atoms with Crippen LogP contribution in [-0.2, 0) is 28.7 Å². The molecule has 2 rings (SSSR count). The molecule has 2 heterocycles. The zero-order valence-electron chi connectivity index (χ0n) is 18.6. The highest BCUT2D eigenvalue weighted by molar-refractivity contribution is 8.76. The highest BCUT2D eigenvalue weighted by atomic mass is 33.1. The predicted octanol–water partition coefficient (Wildman–Crippen LogP) is 0.0397. The number of hydrogen-bond acceptors (Lipinski definition) is 9. The third-order valence-corrected chi connectivity index (χ3v) is 7.05. The van der Waals surface area contributed by atoms with Crippen molar-refractivity contribution in [1.82, 2.24) is 20.9 Å². The van der Waals surface area contributed by atoms with Gasteiger partial charge in [-0.2, -0.15) is 0 Å². The van der Waals surface area contributed by atoms with E-state index in [1.807, 2.05) is 0 Å². The minimum absolute atomic E-state index is 0.176. The number of methoxy groups -OCH3 is 1. The third-order valence-electron chi connectivity index (χ3n) is 4.62. The van der Waals surface area contributed by atoms with E-state index in [1.165, 1.54) is 33.6 Å². The van der Waals surface area contributed by atoms with Gasteiger partial charge in [0, 0.05) is 18.1 Å². The summed E-state index contributed by atoms with van der Waals surface area (Å²) in [7, 11) is 3.73. The number of esters is 1. The van der Waals surface area contributed by atoms with Crippen LogP contribution >= 0.6 is 21.6 Å². The minimum atomic E-state index is -0.926. The molecule has 0 bridgehead atoms. The van der Waals surface area contributed by atoms with E-state index in [-0.39, 0.29) is 18.1 Å². The van der Waals surface area contributed by atoms with E-state index >= 15 is 0 Å². The van der Waals surface area contributed by atoms with Crippen LogP contribution in [0.25, 0.3) is 0 Å². The van der Waals surface area contributed by atoms with E-state index in [0.717, 1.165) is 0 Å². The number of carbonyl (C=O) groups is 5. The SMILES string of the molecule is COC(=O)[C@@H]1CSSC[C@H](NC(=O)OC(C)(C)C)C(=O)N2CCC[C@H]2C(=O)NCC(=O)N1. The summed E-state index contributed by atoms with van der Waals surface area (Å²) in [6.07, 6.45) is 0.342. The van der Waals surface area contributed by atoms with Crippen molar-refractivity contribution in [3.05, 3.63) is 0 Å². The molecular weight excluding hydrogens is 460 g/mol. The van der Waals surface area contributed by atoms with Crippen LogP contribution in [0.15, 0.2) is 0 Å². The van der Waals surface area contributed by atoms with Crippen molar-refractivity contribution >= 4 is 51.4 Å². The first-order valence-corrected chi connectivity index (χ1v) is 12.7. The molecular formula is C19H30N4O7S2. The summed E-state index contributed by atoms with van der Waals surface area (Å²) in [6, 6.07) is -2.58. The van der Waals surface area contributed by atoms with Crippen LogP contribution in [-0.4, -0.2) is 90.1 Å². The van der Waals surface area contributed by atoms with E-state index in [2.05, 4.69) is 16.0 Å². The predicted molar refractivity (Wildman–Crippen MR) is 120 cm³/mol. The van der Waals surface area contributed by atoms with E-state index in [4.69, 9.17) is 9.47 Å². The molecule has 11 nitrogen and oxygen atoms in total. The van der Waals surface area contributed by atoms with Gasteiger partial charge in [0.1, 0.15) is 23.7 Å². The van der Waals surface area contributed by atoms with E-state index in [1.54, 1.807) is 20.8 Å². The van der Waals surface area contributed by atoms with Crippen LogP contribution in [0.3, 0.4) is 0 Å². The number of nitrogens with zero attached hydrogens (tertiary/aromatic N) is 1. The molecule has 180 valence electrons. The van der Waals surface area contributed by atoms with Crippen LogP contribution in [0.4, 0.5) is 4.79 Å². The Morgan fingerprint density at radius 1 is 1.16 bits per heavy atom. The first-order chi connectivity index (χ1) is 15.0. The third kappa shape index (κ3) is 7.76. The topological polar surface area (TPSA) is 143 Å². The monoisotopic (exact) mass is 490 g/mol. The lowest BCUT2D eigenvalue weighted by Crippen LogP contribution is -2.56. The molecule has 0 saturated carbocycles. The number of ether oxygens (including phenoxy) is 2. The molecule has 0 aromatic carbocycles. The minimum Gasteiger partial charge on any atom is -0.467 e. The van der Waals surface area contributed by atoms with Crippen LogP contribution in [0.5, 0.6) is 0 Å². The van der Waals surface area contributed by atoms with E-state index < -0.39 is 53.5 Å². The molecule has 0 aliphatic carbocycles. The smallest absolute Gasteiger partial charge is 0.408 e. The largest absolute Gasteiger partial charge is 0.467 e. The van der Waals surface area contributed by atoms with Gasteiger partial charge >= 0.3 is 12.1 Å². The Morgan fingerprint density at radius 2 is 1.84 bits per heavy atom. The molecule has 2 saturated heterocycles. The summed E-state index contributed by atoms with van der Waals surface area (Å²) >= 11 is 0. The normalized spacial score (nSPS) is 25.7. The Bertz CT molecular complexity index is 744. The van der Waals surface area contributed by atoms with Crippen LogP contribution in [0, 0.1) is 0 Å². The molecule has 2 aliphatic rings. The lowest BCUT2D eigenvalue weighted by molar-refractivity contribution is -0.144. The molecule has 0 aromatic heterocycles. The standard InChI is InChI=1S/C19H30N4O7S2/c1-19(2,3)30-18(28)22-11-9-31-32-10-12(17(27)29-4)21-14(24)8-20-15(25)13-6-5-7-23(13)16(11)26/h11-13H,5-10H2,1-4H3,(H,20,25)(H,21,24)(H,22,28)/t11-,12-,13-/m0/s1. The fraction of sp³-hybridized carbons (Fsp3) is 0.737. The van der Waals surface area contributed by atoms with Gasteiger partial charge < -0.3 is 30.3 Å². The van der Waals surface area contributed by atoms with Gasteiger partial charge in [-0.1, -0.05) is 21.6 Å². The van der Waals surface area contributed by atoms with Gasteiger partial charge in [0.05, 0.1) is 13.7 Å². The van der Waals surface area contributed by atoms with Crippen molar-refractivity contribution in [3.63, 3.8) is 0 Å². The quantitative estimate of drug-likeness (QED) is 0.361. The second kappa shape index (κ2) is 11.6. The van der Waals surface area contributed by atoms with E-state index in [0.29, 0.717) is 19.4 Å². The molecule has 3 atom stereocenters. The van der Waals surface area contributed by atoms with Crippen molar-refractivity contribution in [2.75, 3.05) is 31.7 Å². The molecule has 0 aromatic rings. The Kier molecular flexibility index (Phi) is 9.49. The summed E-state index contributed by atoms with van der Waals surface area (Å²) < 4.78 is 10.0. The van der Waals surface area contributed by atoms with Crippen LogP contribution < -0.4 is 16.0 Å². The van der Waals surface area contributed by atoms with Crippen molar-refractivity contribution in [1.29, 1.82) is 0 Å². The maximum absolute atomic E-state index is 13.2. The van der Waals surface area contributed by atoms with Gasteiger partial charge in [0.25, 0.3) is 0 Å². The number of rotatable bonds is 2. The number of carbonyl (C=O) groups excluding carboxylic acids is 5. The molecule has 0 radical (unpaired) electrons. The van der Waals surface area contributed by atoms with Crippen LogP contribution in [0.2, 0.25) is 0 Å². The van der Waals surface area contributed by atoms with Crippen molar-refractivity contribution < 1.29 is 33.4 Å². The summed E-state index contributed by atoms with van der Waals surface area (Å²) in [6.45, 7) is 5.19. The van der Waals surface area contributed by atoms with Gasteiger partial charge in [-0.3, -0.25) is 14.4 Å². The second-order valence-electron chi connectivity index (χ2n) is 8.32. The second-order valence-corrected chi connectivity index (χ2v) is 10.9. The van der Waals surface area contributed by atoms with Gasteiger partial charge in [-0.15, -0.1) is 0 Å². The summed E-state index contributed by atoms with van der Waals surface area (Å²) in [4.78, 5) is 63.8. The maximum atomic E-state index is 13.2. The van der Waals surface area contributed by atoms with Gasteiger partial charge in [0.2, 0.25) is 17.7 Å². The van der Waals surface area contributed by atoms with Gasteiger partial charge in [-0.05, 0) is 33.6 Å². The molecule has 32 heavy (non-hydrogen) atoms. The Balaban J connectivity index is 2.20. The maximum Gasteiger partial charge on any atom is 0.408 e. The zero-order valence-corrected chi connectivity index (χ0v) is 20.2. The Labute approximate surface area is 194 Å². The van der Waals surface area contributed by atoms with Crippen molar-refractivity contribution in [2.24, 2.45) is 0 Å². The molecule has 13 heteroatoms. The van der Waals surface area contributed by atoms with Crippen molar-refractivity contribution in [3.8, 4) is 0 Å². The first-order valence-electron chi connectivity index (χ1n) is 10.2. The molecule has 2 aliphatic heterocycles. The van der Waals surface area contributed by atoms with Gasteiger partial charge in [-0.25, -0.2) is 9.59 Å². The summed E-state index contributed by atoms with van der Waals surface area (Å²) in [5.41, 5.74) is -0.738. The van der Waals surface area contributed by atoms with Crippen LogP contribution in [0.1, 0.15) is 33.6 Å². The highest BCUT2D eigenvalue weighted by Crippen LogP contribution is 2.26. The number of fused-ring (bicyclic) bond motifs is 1. The fourth-order valence-corrected chi connectivity index (χ4v) is 5.51. The number of hydrogen-bond donors (Lipinski definition) is 3. The fourth-order valence-electron chi connectivity index (χ4n) is 3.20. The first kappa shape index (κ1) is 26.1. The molecule has 0 spiro atoms. The van der Waals surface area contributed by atoms with Crippen molar-refractivity contribution in [2.45, 2.75) is 57.3 Å². The van der Waals surface area contributed by atoms with E-state index in [9.17, 15) is 24.0 Å². The van der Waals surface area contributed by atoms with Gasteiger partial charge in [0.15, 0.2) is 0 Å². The average Bonchev–Trinajstić information content (AvgIpc) is 3.20.